The van der Waals surface area contributed by atoms with Gasteiger partial charge in [-0.15, -0.1) is 11.3 Å². The van der Waals surface area contributed by atoms with E-state index in [0.29, 0.717) is 33.9 Å². The van der Waals surface area contributed by atoms with Gasteiger partial charge >= 0.3 is 5.97 Å². The highest BCUT2D eigenvalue weighted by molar-refractivity contribution is 8.14. The fourth-order valence-electron chi connectivity index (χ4n) is 4.38. The van der Waals surface area contributed by atoms with Crippen molar-refractivity contribution < 1.29 is 19.1 Å². The van der Waals surface area contributed by atoms with E-state index in [0.717, 1.165) is 41.0 Å². The first-order valence-corrected chi connectivity index (χ1v) is 13.9. The fraction of sp³-hybridized carbons (Fsp3) is 0.480. The molecule has 36 heavy (non-hydrogen) atoms. The summed E-state index contributed by atoms with van der Waals surface area (Å²) in [4.78, 5) is 45.7. The smallest absolute Gasteiger partial charge is 0.341 e. The first-order chi connectivity index (χ1) is 17.2. The average Bonchev–Trinajstić information content (AvgIpc) is 3.44. The van der Waals surface area contributed by atoms with Crippen molar-refractivity contribution in [3.63, 3.8) is 0 Å². The van der Waals surface area contributed by atoms with E-state index in [-0.39, 0.29) is 24.2 Å². The zero-order valence-corrected chi connectivity index (χ0v) is 22.8. The molecule has 3 heterocycles. The number of likely N-dealkylation sites (N-methyl/N-ethyl adjacent to an activating group) is 1. The van der Waals surface area contributed by atoms with Crippen LogP contribution in [0.15, 0.2) is 16.9 Å². The predicted molar refractivity (Wildman–Crippen MR) is 143 cm³/mol. The number of carbonyl (C=O) groups excluding carboxylic acids is 3. The van der Waals surface area contributed by atoms with Crippen LogP contribution in [0.3, 0.4) is 0 Å². The molecular weight excluding hydrogens is 498 g/mol. The number of rotatable bonds is 7. The lowest BCUT2D eigenvalue weighted by atomic mass is 9.88. The number of esters is 1. The van der Waals surface area contributed by atoms with E-state index < -0.39 is 5.97 Å². The van der Waals surface area contributed by atoms with Crippen molar-refractivity contribution in [1.82, 2.24) is 14.7 Å². The van der Waals surface area contributed by atoms with Gasteiger partial charge in [-0.2, -0.15) is 5.10 Å². The van der Waals surface area contributed by atoms with Crippen LogP contribution in [0.5, 0.6) is 0 Å². The Morgan fingerprint density at radius 3 is 2.81 bits per heavy atom. The Balaban J connectivity index is 1.49. The highest BCUT2D eigenvalue weighted by atomic mass is 32.2. The normalized spacial score (nSPS) is 18.4. The van der Waals surface area contributed by atoms with Crippen molar-refractivity contribution in [1.29, 1.82) is 0 Å². The number of aliphatic imine (C=N–C) groups is 1. The van der Waals surface area contributed by atoms with E-state index in [1.54, 1.807) is 22.6 Å². The molecule has 0 fully saturated rings. The highest BCUT2D eigenvalue weighted by Crippen LogP contribution is 2.40. The Kier molecular flexibility index (Phi) is 7.99. The molecule has 1 unspecified atom stereocenters. The molecule has 1 N–H and O–H groups in total. The Morgan fingerprint density at radius 1 is 1.36 bits per heavy atom. The van der Waals surface area contributed by atoms with E-state index in [9.17, 15) is 14.4 Å². The molecule has 2 aliphatic rings. The summed E-state index contributed by atoms with van der Waals surface area (Å²) < 4.78 is 6.98. The SMILES string of the molecule is CCOC(=O)c1c(NC(=O)CSC2=N/C(=C/c3cn(C)nc3C)C(=O)N2CC)sc2c1CCC(C)C2. The summed E-state index contributed by atoms with van der Waals surface area (Å²) in [6, 6.07) is 0. The first kappa shape index (κ1) is 26.2. The lowest BCUT2D eigenvalue weighted by Gasteiger charge is -2.18. The molecule has 0 aromatic carbocycles. The topological polar surface area (TPSA) is 106 Å². The standard InChI is InChI=1S/C25H31N5O4S2/c1-6-30-23(32)18(11-16-12-29(5)28-15(16)4)26-25(30)35-13-20(31)27-22-21(24(33)34-7-2)17-9-8-14(3)10-19(17)36-22/h11-12,14H,6-10,13H2,1-5H3,(H,27,31)/b18-11+. The van der Waals surface area contributed by atoms with Crippen LogP contribution >= 0.6 is 23.1 Å². The number of fused-ring (bicyclic) bond motifs is 1. The van der Waals surface area contributed by atoms with Crippen LogP contribution < -0.4 is 5.32 Å². The third-order valence-electron chi connectivity index (χ3n) is 6.15. The second-order valence-electron chi connectivity index (χ2n) is 8.93. The van der Waals surface area contributed by atoms with Gasteiger partial charge in [0.2, 0.25) is 5.91 Å². The fourth-order valence-corrected chi connectivity index (χ4v) is 6.66. The Bertz CT molecular complexity index is 1260. The predicted octanol–water partition coefficient (Wildman–Crippen LogP) is 4.02. The van der Waals surface area contributed by atoms with Gasteiger partial charge < -0.3 is 10.1 Å². The Hall–Kier alpha value is -2.92. The monoisotopic (exact) mass is 529 g/mol. The van der Waals surface area contributed by atoms with E-state index >= 15 is 0 Å². The summed E-state index contributed by atoms with van der Waals surface area (Å²) in [7, 11) is 1.82. The lowest BCUT2D eigenvalue weighted by Crippen LogP contribution is -2.31. The molecule has 9 nitrogen and oxygen atoms in total. The zero-order valence-electron chi connectivity index (χ0n) is 21.2. The van der Waals surface area contributed by atoms with E-state index in [2.05, 4.69) is 22.3 Å². The van der Waals surface area contributed by atoms with Crippen molar-refractivity contribution in [3.8, 4) is 0 Å². The molecule has 4 rings (SSSR count). The molecule has 2 aromatic rings. The van der Waals surface area contributed by atoms with Crippen molar-refractivity contribution in [2.75, 3.05) is 24.2 Å². The largest absolute Gasteiger partial charge is 0.462 e. The number of thiophene rings is 1. The van der Waals surface area contributed by atoms with Crippen LogP contribution in [-0.4, -0.2) is 56.5 Å². The number of thioether (sulfide) groups is 1. The maximum absolute atomic E-state index is 12.9. The maximum Gasteiger partial charge on any atom is 0.341 e. The molecule has 192 valence electrons. The van der Waals surface area contributed by atoms with Crippen molar-refractivity contribution >= 4 is 57.1 Å². The van der Waals surface area contributed by atoms with Gasteiger partial charge in [0.1, 0.15) is 10.7 Å². The first-order valence-electron chi connectivity index (χ1n) is 12.1. The quantitative estimate of drug-likeness (QED) is 0.429. The number of hydrogen-bond donors (Lipinski definition) is 1. The molecule has 1 atom stereocenters. The molecule has 1 aliphatic heterocycles. The number of aromatic nitrogens is 2. The summed E-state index contributed by atoms with van der Waals surface area (Å²) in [6.07, 6.45) is 6.27. The van der Waals surface area contributed by atoms with Gasteiger partial charge in [-0.05, 0) is 57.6 Å². The second kappa shape index (κ2) is 11.0. The minimum absolute atomic E-state index is 0.0586. The van der Waals surface area contributed by atoms with Gasteiger partial charge in [0.15, 0.2) is 5.17 Å². The van der Waals surface area contributed by atoms with Gasteiger partial charge in [0.05, 0.1) is 23.6 Å². The van der Waals surface area contributed by atoms with Crippen LogP contribution in [0.1, 0.15) is 59.2 Å². The molecule has 0 saturated heterocycles. The number of amidine groups is 1. The zero-order chi connectivity index (χ0) is 26.0. The number of ether oxygens (including phenoxy) is 1. The molecule has 0 spiro atoms. The van der Waals surface area contributed by atoms with Crippen molar-refractivity contribution in [2.24, 2.45) is 18.0 Å². The molecule has 0 radical (unpaired) electrons. The van der Waals surface area contributed by atoms with E-state index in [4.69, 9.17) is 4.74 Å². The summed E-state index contributed by atoms with van der Waals surface area (Å²) in [6.45, 7) is 8.44. The Labute approximate surface area is 219 Å². The minimum Gasteiger partial charge on any atom is -0.462 e. The summed E-state index contributed by atoms with van der Waals surface area (Å²) in [5, 5.41) is 8.25. The number of hydrogen-bond acceptors (Lipinski definition) is 8. The van der Waals surface area contributed by atoms with Crippen LogP contribution in [0.2, 0.25) is 0 Å². The maximum atomic E-state index is 12.9. The summed E-state index contributed by atoms with van der Waals surface area (Å²) >= 11 is 2.66. The number of anilines is 1. The highest BCUT2D eigenvalue weighted by Gasteiger charge is 2.31. The van der Waals surface area contributed by atoms with Gasteiger partial charge in [-0.1, -0.05) is 18.7 Å². The van der Waals surface area contributed by atoms with Gasteiger partial charge in [-0.3, -0.25) is 19.2 Å². The number of carbonyl (C=O) groups is 3. The minimum atomic E-state index is -0.393. The second-order valence-corrected chi connectivity index (χ2v) is 11.0. The van der Waals surface area contributed by atoms with E-state index in [1.807, 2.05) is 27.1 Å². The molecule has 0 saturated carbocycles. The van der Waals surface area contributed by atoms with Gasteiger partial charge in [0, 0.05) is 30.2 Å². The van der Waals surface area contributed by atoms with Gasteiger partial charge in [-0.25, -0.2) is 9.79 Å². The summed E-state index contributed by atoms with van der Waals surface area (Å²) in [5.41, 5.74) is 3.44. The third kappa shape index (κ3) is 5.41. The average molecular weight is 530 g/mol. The number of amides is 2. The molecule has 1 aliphatic carbocycles. The van der Waals surface area contributed by atoms with Crippen LogP contribution in [-0.2, 0) is 34.2 Å². The summed E-state index contributed by atoms with van der Waals surface area (Å²) in [5.74, 6) is -0.252. The van der Waals surface area contributed by atoms with Crippen LogP contribution in [0.4, 0.5) is 5.00 Å². The van der Waals surface area contributed by atoms with Crippen LogP contribution in [0, 0.1) is 12.8 Å². The van der Waals surface area contributed by atoms with Crippen molar-refractivity contribution in [3.05, 3.63) is 39.2 Å². The molecule has 2 aromatic heterocycles. The van der Waals surface area contributed by atoms with Crippen LogP contribution in [0.25, 0.3) is 6.08 Å². The van der Waals surface area contributed by atoms with E-state index in [1.165, 1.54) is 23.1 Å². The third-order valence-corrected chi connectivity index (χ3v) is 8.29. The Morgan fingerprint density at radius 2 is 2.14 bits per heavy atom. The lowest BCUT2D eigenvalue weighted by molar-refractivity contribution is -0.122. The molecule has 11 heteroatoms. The van der Waals surface area contributed by atoms with Crippen molar-refractivity contribution in [2.45, 2.75) is 47.0 Å². The molecule has 2 amide bonds. The number of nitrogens with zero attached hydrogens (tertiary/aromatic N) is 4. The number of aryl methyl sites for hydroxylation is 2. The molecular formula is C25H31N5O4S2. The number of nitrogens with one attached hydrogen (secondary N) is 1. The van der Waals surface area contributed by atoms with Gasteiger partial charge in [0.25, 0.3) is 5.91 Å². The molecule has 0 bridgehead atoms.